The Kier molecular flexibility index (Phi) is 9.85. The normalized spacial score (nSPS) is 16.8. The molecule has 0 bridgehead atoms. The fourth-order valence-electron chi connectivity index (χ4n) is 2.72. The van der Waals surface area contributed by atoms with Crippen molar-refractivity contribution >= 4 is 24.8 Å². The number of hydrogen-bond donors (Lipinski definition) is 1. The SMILES string of the molecule is C=CCC[C@H](c1ccc(C(F)(F)F)cc1)N1CCNCC1.Cl.Cl. The molecule has 0 saturated carbocycles. The topological polar surface area (TPSA) is 15.3 Å². The molecule has 2 nitrogen and oxygen atoms in total. The molecule has 2 rings (SSSR count). The highest BCUT2D eigenvalue weighted by Crippen LogP contribution is 2.32. The number of benzene rings is 1. The molecule has 0 aromatic heterocycles. The first-order valence-corrected chi connectivity index (χ1v) is 7.25. The molecule has 1 aliphatic rings. The Morgan fingerprint density at radius 1 is 1.13 bits per heavy atom. The smallest absolute Gasteiger partial charge is 0.314 e. The van der Waals surface area contributed by atoms with Gasteiger partial charge in [-0.3, -0.25) is 4.90 Å². The molecule has 1 aromatic carbocycles. The van der Waals surface area contributed by atoms with Gasteiger partial charge >= 0.3 is 6.18 Å². The first-order valence-electron chi connectivity index (χ1n) is 7.25. The van der Waals surface area contributed by atoms with Crippen molar-refractivity contribution in [3.8, 4) is 0 Å². The van der Waals surface area contributed by atoms with Crippen LogP contribution < -0.4 is 5.32 Å². The van der Waals surface area contributed by atoms with Gasteiger partial charge in [0.2, 0.25) is 0 Å². The maximum absolute atomic E-state index is 12.6. The fraction of sp³-hybridized carbons (Fsp3) is 0.500. The van der Waals surface area contributed by atoms with Gasteiger partial charge < -0.3 is 5.32 Å². The van der Waals surface area contributed by atoms with E-state index in [4.69, 9.17) is 0 Å². The van der Waals surface area contributed by atoms with Crippen LogP contribution in [0.1, 0.15) is 30.0 Å². The molecule has 1 aromatic rings. The van der Waals surface area contributed by atoms with Crippen LogP contribution in [-0.2, 0) is 6.18 Å². The van der Waals surface area contributed by atoms with Crippen molar-refractivity contribution in [2.75, 3.05) is 26.2 Å². The number of hydrogen-bond acceptors (Lipinski definition) is 2. The maximum atomic E-state index is 12.6. The summed E-state index contributed by atoms with van der Waals surface area (Å²) in [5, 5.41) is 3.30. The minimum atomic E-state index is -4.27. The Morgan fingerprint density at radius 3 is 2.17 bits per heavy atom. The molecule has 23 heavy (non-hydrogen) atoms. The van der Waals surface area contributed by atoms with E-state index in [0.717, 1.165) is 44.6 Å². The molecule has 7 heteroatoms. The Morgan fingerprint density at radius 2 is 1.70 bits per heavy atom. The third-order valence-electron chi connectivity index (χ3n) is 3.86. The molecule has 1 heterocycles. The van der Waals surface area contributed by atoms with E-state index in [2.05, 4.69) is 16.8 Å². The molecule has 1 saturated heterocycles. The summed E-state index contributed by atoms with van der Waals surface area (Å²) >= 11 is 0. The second kappa shape index (κ2) is 10.2. The monoisotopic (exact) mass is 370 g/mol. The van der Waals surface area contributed by atoms with Gasteiger partial charge in [-0.25, -0.2) is 0 Å². The number of piperazine rings is 1. The lowest BCUT2D eigenvalue weighted by molar-refractivity contribution is -0.137. The van der Waals surface area contributed by atoms with Crippen molar-refractivity contribution in [1.29, 1.82) is 0 Å². The lowest BCUT2D eigenvalue weighted by Gasteiger charge is -2.35. The number of allylic oxidation sites excluding steroid dienone is 1. The molecule has 0 radical (unpaired) electrons. The molecule has 1 fully saturated rings. The molecule has 1 aliphatic heterocycles. The van der Waals surface area contributed by atoms with Gasteiger partial charge in [0.05, 0.1) is 5.56 Å². The average Bonchev–Trinajstić information content (AvgIpc) is 2.48. The van der Waals surface area contributed by atoms with Crippen LogP contribution in [0.25, 0.3) is 0 Å². The number of nitrogens with one attached hydrogen (secondary N) is 1. The highest BCUT2D eigenvalue weighted by Gasteiger charge is 2.30. The second-order valence-electron chi connectivity index (χ2n) is 5.29. The minimum absolute atomic E-state index is 0. The Bertz CT molecular complexity index is 457. The fourth-order valence-corrected chi connectivity index (χ4v) is 2.72. The van der Waals surface area contributed by atoms with Crippen molar-refractivity contribution < 1.29 is 13.2 Å². The Hall–Kier alpha value is -0.750. The van der Waals surface area contributed by atoms with Gasteiger partial charge in [0, 0.05) is 32.2 Å². The van der Waals surface area contributed by atoms with Crippen LogP contribution in [0.15, 0.2) is 36.9 Å². The number of halogens is 5. The van der Waals surface area contributed by atoms with E-state index in [9.17, 15) is 13.2 Å². The zero-order valence-corrected chi connectivity index (χ0v) is 14.4. The van der Waals surface area contributed by atoms with Crippen LogP contribution in [0.4, 0.5) is 13.2 Å². The number of alkyl halides is 3. The highest BCUT2D eigenvalue weighted by atomic mass is 35.5. The lowest BCUT2D eigenvalue weighted by atomic mass is 9.98. The molecule has 1 atom stereocenters. The summed E-state index contributed by atoms with van der Waals surface area (Å²) in [6.45, 7) is 7.42. The maximum Gasteiger partial charge on any atom is 0.416 e. The van der Waals surface area contributed by atoms with E-state index in [-0.39, 0.29) is 30.9 Å². The van der Waals surface area contributed by atoms with Gasteiger partial charge in [0.25, 0.3) is 0 Å². The molecule has 0 amide bonds. The summed E-state index contributed by atoms with van der Waals surface area (Å²) in [5.74, 6) is 0. The van der Waals surface area contributed by atoms with Gasteiger partial charge in [-0.2, -0.15) is 13.2 Å². The highest BCUT2D eigenvalue weighted by molar-refractivity contribution is 5.85. The second-order valence-corrected chi connectivity index (χ2v) is 5.29. The van der Waals surface area contributed by atoms with Gasteiger partial charge in [-0.1, -0.05) is 18.2 Å². The predicted octanol–water partition coefficient (Wildman–Crippen LogP) is 4.46. The van der Waals surface area contributed by atoms with Crippen LogP contribution in [0.2, 0.25) is 0 Å². The summed E-state index contributed by atoms with van der Waals surface area (Å²) in [4.78, 5) is 2.34. The zero-order valence-electron chi connectivity index (χ0n) is 12.8. The van der Waals surface area contributed by atoms with Crippen LogP contribution in [0, 0.1) is 0 Å². The van der Waals surface area contributed by atoms with E-state index >= 15 is 0 Å². The number of rotatable bonds is 5. The Labute approximate surface area is 147 Å². The summed E-state index contributed by atoms with van der Waals surface area (Å²) in [7, 11) is 0. The van der Waals surface area contributed by atoms with E-state index in [0.29, 0.717) is 0 Å². The molecule has 0 unspecified atom stereocenters. The molecule has 0 aliphatic carbocycles. The van der Waals surface area contributed by atoms with Gasteiger partial charge in [0.15, 0.2) is 0 Å². The van der Waals surface area contributed by atoms with E-state index in [1.54, 1.807) is 12.1 Å². The largest absolute Gasteiger partial charge is 0.416 e. The summed E-state index contributed by atoms with van der Waals surface area (Å²) < 4.78 is 37.9. The summed E-state index contributed by atoms with van der Waals surface area (Å²) in [6.07, 6.45) is -0.673. The first kappa shape index (κ1) is 22.2. The summed E-state index contributed by atoms with van der Waals surface area (Å²) in [5.41, 5.74) is 0.362. The van der Waals surface area contributed by atoms with Crippen molar-refractivity contribution in [2.45, 2.75) is 25.1 Å². The van der Waals surface area contributed by atoms with Gasteiger partial charge in [-0.15, -0.1) is 31.4 Å². The third-order valence-corrected chi connectivity index (χ3v) is 3.86. The van der Waals surface area contributed by atoms with Crippen LogP contribution >= 0.6 is 24.8 Å². The van der Waals surface area contributed by atoms with Crippen molar-refractivity contribution in [3.05, 3.63) is 48.0 Å². The first-order chi connectivity index (χ1) is 10.0. The van der Waals surface area contributed by atoms with Gasteiger partial charge in [-0.05, 0) is 30.5 Å². The van der Waals surface area contributed by atoms with Crippen molar-refractivity contribution in [2.24, 2.45) is 0 Å². The lowest BCUT2D eigenvalue weighted by Crippen LogP contribution is -2.45. The molecule has 1 N–H and O–H groups in total. The minimum Gasteiger partial charge on any atom is -0.314 e. The van der Waals surface area contributed by atoms with Gasteiger partial charge in [0.1, 0.15) is 0 Å². The Balaban J connectivity index is 0.00000242. The molecular formula is C16H23Cl2F3N2. The third kappa shape index (κ3) is 6.34. The number of nitrogens with zero attached hydrogens (tertiary/aromatic N) is 1. The van der Waals surface area contributed by atoms with E-state index < -0.39 is 11.7 Å². The molecule has 0 spiro atoms. The molecular weight excluding hydrogens is 348 g/mol. The predicted molar refractivity (Wildman–Crippen MR) is 92.6 cm³/mol. The van der Waals surface area contributed by atoms with Crippen LogP contribution in [0.3, 0.4) is 0 Å². The molecule has 132 valence electrons. The summed E-state index contributed by atoms with van der Waals surface area (Å²) in [6, 6.07) is 5.74. The average molecular weight is 371 g/mol. The van der Waals surface area contributed by atoms with Crippen molar-refractivity contribution in [1.82, 2.24) is 10.2 Å². The standard InChI is InChI=1S/C16H21F3N2.2ClH/c1-2-3-4-15(21-11-9-20-10-12-21)13-5-7-14(8-6-13)16(17,18)19;;/h2,5-8,15,20H,1,3-4,9-12H2;2*1H/t15-;;/m1../s1. The van der Waals surface area contributed by atoms with E-state index in [1.807, 2.05) is 6.08 Å². The zero-order chi connectivity index (χ0) is 15.3. The quantitative estimate of drug-likeness (QED) is 0.769. The van der Waals surface area contributed by atoms with E-state index in [1.165, 1.54) is 12.1 Å². The van der Waals surface area contributed by atoms with Crippen LogP contribution in [-0.4, -0.2) is 31.1 Å². The van der Waals surface area contributed by atoms with Crippen molar-refractivity contribution in [3.63, 3.8) is 0 Å². The van der Waals surface area contributed by atoms with Crippen LogP contribution in [0.5, 0.6) is 0 Å².